The average molecular weight is 475 g/mol. The molecule has 0 fully saturated rings. The van der Waals surface area contributed by atoms with Gasteiger partial charge in [0, 0.05) is 0 Å². The molecule has 1 amide bonds. The number of hydrogen-bond donors (Lipinski definition) is 1. The van der Waals surface area contributed by atoms with Gasteiger partial charge in [-0.15, -0.1) is 0 Å². The van der Waals surface area contributed by atoms with Gasteiger partial charge in [0.25, 0.3) is 5.91 Å². The van der Waals surface area contributed by atoms with Gasteiger partial charge in [-0.25, -0.2) is 4.39 Å². The number of carbonyl (C=O) groups excluding carboxylic acids is 1. The van der Waals surface area contributed by atoms with Crippen molar-refractivity contribution in [3.8, 4) is 11.8 Å². The summed E-state index contributed by atoms with van der Waals surface area (Å²) in [6.07, 6.45) is -3.15. The molecule has 0 aliphatic heterocycles. The molecular formula is C24H15ClF4N2O2. The van der Waals surface area contributed by atoms with Crippen LogP contribution in [0.5, 0.6) is 5.75 Å². The summed E-state index contributed by atoms with van der Waals surface area (Å²) < 4.78 is 57.8. The van der Waals surface area contributed by atoms with Crippen molar-refractivity contribution in [2.45, 2.75) is 6.18 Å². The van der Waals surface area contributed by atoms with Crippen molar-refractivity contribution in [1.29, 1.82) is 5.26 Å². The Balaban J connectivity index is 1.72. The summed E-state index contributed by atoms with van der Waals surface area (Å²) in [4.78, 5) is 12.0. The Labute approximate surface area is 191 Å². The normalized spacial score (nSPS) is 11.6. The summed E-state index contributed by atoms with van der Waals surface area (Å²) in [7, 11) is 0. The summed E-state index contributed by atoms with van der Waals surface area (Å²) in [6.45, 7) is -0.434. The molecule has 0 atom stereocenters. The summed E-state index contributed by atoms with van der Waals surface area (Å²) in [5.41, 5.74) is -0.297. The molecule has 0 radical (unpaired) electrons. The van der Waals surface area contributed by atoms with E-state index in [4.69, 9.17) is 16.3 Å². The summed E-state index contributed by atoms with van der Waals surface area (Å²) in [6, 6.07) is 16.4. The Hall–Kier alpha value is -3.83. The molecule has 0 aliphatic carbocycles. The topological polar surface area (TPSA) is 62.1 Å². The van der Waals surface area contributed by atoms with Crippen LogP contribution in [0.3, 0.4) is 0 Å². The molecule has 4 nitrogen and oxygen atoms in total. The predicted octanol–water partition coefficient (Wildman–Crippen LogP) is 6.58. The van der Waals surface area contributed by atoms with Crippen LogP contribution < -0.4 is 10.1 Å². The fourth-order valence-electron chi connectivity index (χ4n) is 2.83. The molecule has 0 aromatic heterocycles. The molecule has 0 saturated heterocycles. The van der Waals surface area contributed by atoms with E-state index in [2.05, 4.69) is 5.32 Å². The van der Waals surface area contributed by atoms with Gasteiger partial charge in [0.2, 0.25) is 0 Å². The Morgan fingerprint density at radius 3 is 2.52 bits per heavy atom. The van der Waals surface area contributed by atoms with Crippen molar-refractivity contribution < 1.29 is 27.1 Å². The second kappa shape index (κ2) is 10.2. The Bertz CT molecular complexity index is 1250. The molecule has 33 heavy (non-hydrogen) atoms. The Kier molecular flexibility index (Phi) is 7.36. The van der Waals surface area contributed by atoms with Gasteiger partial charge >= 0.3 is 6.18 Å². The lowest BCUT2D eigenvalue weighted by Gasteiger charge is -2.10. The van der Waals surface area contributed by atoms with E-state index in [0.717, 1.165) is 12.1 Å². The number of benzene rings is 3. The SMILES string of the molecule is N#CC(=Cc1ccc(OCC(=O)Nc2ccccc2F)c(Cl)c1)c1cccc(C(F)(F)F)c1. The number of alkyl halides is 3. The van der Waals surface area contributed by atoms with Crippen molar-refractivity contribution in [3.05, 3.63) is 94.3 Å². The number of halogens is 5. The minimum absolute atomic E-state index is 0.00935. The fraction of sp³-hybridized carbons (Fsp3) is 0.0833. The average Bonchev–Trinajstić information content (AvgIpc) is 2.78. The monoisotopic (exact) mass is 474 g/mol. The van der Waals surface area contributed by atoms with E-state index in [0.29, 0.717) is 5.56 Å². The molecular weight excluding hydrogens is 460 g/mol. The molecule has 3 aromatic carbocycles. The minimum atomic E-state index is -4.53. The molecule has 168 valence electrons. The second-order valence-electron chi connectivity index (χ2n) is 6.75. The van der Waals surface area contributed by atoms with E-state index in [1.54, 1.807) is 6.07 Å². The highest BCUT2D eigenvalue weighted by molar-refractivity contribution is 6.32. The number of rotatable bonds is 6. The predicted molar refractivity (Wildman–Crippen MR) is 117 cm³/mol. The van der Waals surface area contributed by atoms with Crippen LogP contribution in [0, 0.1) is 17.1 Å². The van der Waals surface area contributed by atoms with Crippen LogP contribution >= 0.6 is 11.6 Å². The zero-order chi connectivity index (χ0) is 24.0. The highest BCUT2D eigenvalue weighted by Crippen LogP contribution is 2.32. The fourth-order valence-corrected chi connectivity index (χ4v) is 3.07. The van der Waals surface area contributed by atoms with E-state index in [9.17, 15) is 27.6 Å². The molecule has 0 unspecified atom stereocenters. The highest BCUT2D eigenvalue weighted by atomic mass is 35.5. The highest BCUT2D eigenvalue weighted by Gasteiger charge is 2.30. The molecule has 0 spiro atoms. The van der Waals surface area contributed by atoms with Crippen LogP contribution in [-0.2, 0) is 11.0 Å². The summed E-state index contributed by atoms with van der Waals surface area (Å²) in [5, 5.41) is 11.9. The first-order valence-electron chi connectivity index (χ1n) is 9.43. The van der Waals surface area contributed by atoms with Gasteiger partial charge in [0.05, 0.1) is 27.9 Å². The molecule has 1 N–H and O–H groups in total. The first-order chi connectivity index (χ1) is 15.7. The van der Waals surface area contributed by atoms with E-state index in [-0.39, 0.29) is 27.6 Å². The summed E-state index contributed by atoms with van der Waals surface area (Å²) >= 11 is 6.18. The number of anilines is 1. The van der Waals surface area contributed by atoms with Gasteiger partial charge in [-0.3, -0.25) is 4.79 Å². The standard InChI is InChI=1S/C24H15ClF4N2O2/c25-19-11-15(10-17(13-30)16-4-3-5-18(12-16)24(27,28)29)8-9-22(19)33-14-23(32)31-21-7-2-1-6-20(21)26/h1-12H,14H2,(H,31,32). The third-order valence-electron chi connectivity index (χ3n) is 4.40. The van der Waals surface area contributed by atoms with Crippen LogP contribution in [0.25, 0.3) is 11.6 Å². The third kappa shape index (κ3) is 6.34. The maximum atomic E-state index is 13.6. The van der Waals surface area contributed by atoms with Gasteiger partial charge in [-0.05, 0) is 53.6 Å². The molecule has 0 saturated carbocycles. The van der Waals surface area contributed by atoms with Crippen molar-refractivity contribution in [2.24, 2.45) is 0 Å². The smallest absolute Gasteiger partial charge is 0.416 e. The number of allylic oxidation sites excluding steroid dienone is 1. The van der Waals surface area contributed by atoms with Crippen LogP contribution in [0.1, 0.15) is 16.7 Å². The van der Waals surface area contributed by atoms with Crippen molar-refractivity contribution in [2.75, 3.05) is 11.9 Å². The maximum Gasteiger partial charge on any atom is 0.416 e. The molecule has 3 rings (SSSR count). The quantitative estimate of drug-likeness (QED) is 0.249. The molecule has 3 aromatic rings. The van der Waals surface area contributed by atoms with Crippen molar-refractivity contribution in [3.63, 3.8) is 0 Å². The first kappa shape index (κ1) is 23.8. The van der Waals surface area contributed by atoms with Crippen LogP contribution in [-0.4, -0.2) is 12.5 Å². The molecule has 9 heteroatoms. The lowest BCUT2D eigenvalue weighted by molar-refractivity contribution is -0.137. The molecule has 0 bridgehead atoms. The van der Waals surface area contributed by atoms with Crippen molar-refractivity contribution >= 4 is 34.8 Å². The lowest BCUT2D eigenvalue weighted by Crippen LogP contribution is -2.20. The van der Waals surface area contributed by atoms with E-state index < -0.39 is 30.1 Å². The first-order valence-corrected chi connectivity index (χ1v) is 9.81. The summed E-state index contributed by atoms with van der Waals surface area (Å²) in [5.74, 6) is -1.03. The number of nitriles is 1. The third-order valence-corrected chi connectivity index (χ3v) is 4.69. The van der Waals surface area contributed by atoms with Crippen LogP contribution in [0.2, 0.25) is 5.02 Å². The number of hydrogen-bond acceptors (Lipinski definition) is 3. The van der Waals surface area contributed by atoms with Gasteiger partial charge in [0.15, 0.2) is 6.61 Å². The number of para-hydroxylation sites is 1. The zero-order valence-electron chi connectivity index (χ0n) is 16.8. The number of nitrogens with one attached hydrogen (secondary N) is 1. The van der Waals surface area contributed by atoms with Gasteiger partial charge in [-0.1, -0.05) is 41.9 Å². The van der Waals surface area contributed by atoms with Crippen LogP contribution in [0.15, 0.2) is 66.7 Å². The van der Waals surface area contributed by atoms with E-state index in [1.807, 2.05) is 6.07 Å². The zero-order valence-corrected chi connectivity index (χ0v) is 17.5. The number of amides is 1. The molecule has 0 aliphatic rings. The van der Waals surface area contributed by atoms with Gasteiger partial charge < -0.3 is 10.1 Å². The molecule has 0 heterocycles. The van der Waals surface area contributed by atoms with Gasteiger partial charge in [0.1, 0.15) is 11.6 Å². The number of ether oxygens (including phenoxy) is 1. The lowest BCUT2D eigenvalue weighted by atomic mass is 10.0. The number of carbonyl (C=O) groups is 1. The van der Waals surface area contributed by atoms with Crippen LogP contribution in [0.4, 0.5) is 23.2 Å². The van der Waals surface area contributed by atoms with Gasteiger partial charge in [-0.2, -0.15) is 18.4 Å². The van der Waals surface area contributed by atoms with E-state index >= 15 is 0 Å². The number of nitrogens with zero attached hydrogens (tertiary/aromatic N) is 1. The minimum Gasteiger partial charge on any atom is -0.482 e. The largest absolute Gasteiger partial charge is 0.482 e. The van der Waals surface area contributed by atoms with Crippen molar-refractivity contribution in [1.82, 2.24) is 0 Å². The Morgan fingerprint density at radius 1 is 1.09 bits per heavy atom. The second-order valence-corrected chi connectivity index (χ2v) is 7.16. The Morgan fingerprint density at radius 2 is 1.85 bits per heavy atom. The van der Waals surface area contributed by atoms with E-state index in [1.165, 1.54) is 54.6 Å². The maximum absolute atomic E-state index is 13.6.